The molecule has 17 heavy (non-hydrogen) atoms. The molecule has 0 spiro atoms. The fourth-order valence-electron chi connectivity index (χ4n) is 1.92. The van der Waals surface area contributed by atoms with Crippen molar-refractivity contribution in [3.05, 3.63) is 40.3 Å². The van der Waals surface area contributed by atoms with Crippen LogP contribution in [-0.2, 0) is 13.6 Å². The van der Waals surface area contributed by atoms with Gasteiger partial charge in [-0.2, -0.15) is 5.10 Å². The van der Waals surface area contributed by atoms with E-state index in [-0.39, 0.29) is 0 Å². The van der Waals surface area contributed by atoms with Crippen LogP contribution < -0.4 is 5.32 Å². The summed E-state index contributed by atoms with van der Waals surface area (Å²) in [5, 5.41) is 9.93. The quantitative estimate of drug-likeness (QED) is 0.883. The van der Waals surface area contributed by atoms with E-state index in [2.05, 4.69) is 48.0 Å². The summed E-state index contributed by atoms with van der Waals surface area (Å²) in [6.07, 6.45) is 3.97. The van der Waals surface area contributed by atoms with Gasteiger partial charge in [0.15, 0.2) is 0 Å². The van der Waals surface area contributed by atoms with Gasteiger partial charge in [-0.15, -0.1) is 11.3 Å². The maximum absolute atomic E-state index is 4.18. The second-order valence-electron chi connectivity index (χ2n) is 4.64. The van der Waals surface area contributed by atoms with Gasteiger partial charge in [-0.3, -0.25) is 4.68 Å². The van der Waals surface area contributed by atoms with Crippen molar-refractivity contribution in [1.29, 1.82) is 0 Å². The van der Waals surface area contributed by atoms with Gasteiger partial charge in [-0.1, -0.05) is 19.9 Å². The zero-order valence-corrected chi connectivity index (χ0v) is 11.4. The SMILES string of the molecule is CC(C)C(NCc1cnn(C)c1)c1cccs1. The van der Waals surface area contributed by atoms with Gasteiger partial charge in [0.1, 0.15) is 0 Å². The van der Waals surface area contributed by atoms with E-state index in [1.165, 1.54) is 10.4 Å². The van der Waals surface area contributed by atoms with Crippen LogP contribution in [-0.4, -0.2) is 9.78 Å². The molecule has 4 heteroatoms. The van der Waals surface area contributed by atoms with E-state index < -0.39 is 0 Å². The molecular formula is C13H19N3S. The van der Waals surface area contributed by atoms with Crippen LogP contribution in [0.15, 0.2) is 29.9 Å². The average Bonchev–Trinajstić information content (AvgIpc) is 2.90. The van der Waals surface area contributed by atoms with Crippen LogP contribution >= 0.6 is 11.3 Å². The van der Waals surface area contributed by atoms with Crippen molar-refractivity contribution >= 4 is 11.3 Å². The minimum Gasteiger partial charge on any atom is -0.305 e. The topological polar surface area (TPSA) is 29.9 Å². The predicted molar refractivity (Wildman–Crippen MR) is 71.9 cm³/mol. The van der Waals surface area contributed by atoms with Gasteiger partial charge in [0, 0.05) is 36.3 Å². The molecule has 0 saturated carbocycles. The van der Waals surface area contributed by atoms with Crippen LogP contribution in [0.3, 0.4) is 0 Å². The molecule has 3 nitrogen and oxygen atoms in total. The van der Waals surface area contributed by atoms with Crippen LogP contribution in [0.2, 0.25) is 0 Å². The Bertz CT molecular complexity index is 445. The molecule has 2 rings (SSSR count). The van der Waals surface area contributed by atoms with Crippen molar-refractivity contribution in [2.45, 2.75) is 26.4 Å². The number of thiophene rings is 1. The van der Waals surface area contributed by atoms with Gasteiger partial charge in [-0.05, 0) is 17.4 Å². The van der Waals surface area contributed by atoms with Crippen molar-refractivity contribution in [2.75, 3.05) is 0 Å². The maximum atomic E-state index is 4.18. The number of hydrogen-bond acceptors (Lipinski definition) is 3. The second kappa shape index (κ2) is 5.47. The van der Waals surface area contributed by atoms with Gasteiger partial charge in [0.2, 0.25) is 0 Å². The summed E-state index contributed by atoms with van der Waals surface area (Å²) in [6, 6.07) is 4.74. The molecule has 0 aliphatic carbocycles. The average molecular weight is 249 g/mol. The van der Waals surface area contributed by atoms with E-state index in [0.717, 1.165) is 6.54 Å². The normalized spacial score (nSPS) is 13.2. The first kappa shape index (κ1) is 12.3. The molecule has 1 unspecified atom stereocenters. The number of rotatable bonds is 5. The van der Waals surface area contributed by atoms with E-state index in [4.69, 9.17) is 0 Å². The molecule has 0 aliphatic rings. The first-order chi connectivity index (χ1) is 8.16. The largest absolute Gasteiger partial charge is 0.305 e. The van der Waals surface area contributed by atoms with Gasteiger partial charge in [0.25, 0.3) is 0 Å². The predicted octanol–water partition coefficient (Wildman–Crippen LogP) is 2.97. The molecule has 2 heterocycles. The standard InChI is InChI=1S/C13H19N3S/c1-10(2)13(12-5-4-6-17-12)14-7-11-8-15-16(3)9-11/h4-6,8-10,13-14H,7H2,1-3H3. The van der Waals surface area contributed by atoms with Gasteiger partial charge in [0.05, 0.1) is 6.20 Å². The number of nitrogens with zero attached hydrogens (tertiary/aromatic N) is 2. The highest BCUT2D eigenvalue weighted by molar-refractivity contribution is 7.10. The molecule has 0 bridgehead atoms. The highest BCUT2D eigenvalue weighted by atomic mass is 32.1. The lowest BCUT2D eigenvalue weighted by Gasteiger charge is -2.20. The van der Waals surface area contributed by atoms with Gasteiger partial charge < -0.3 is 5.32 Å². The molecule has 2 aromatic rings. The van der Waals surface area contributed by atoms with E-state index in [1.54, 1.807) is 0 Å². The summed E-state index contributed by atoms with van der Waals surface area (Å²) in [4.78, 5) is 1.41. The summed E-state index contributed by atoms with van der Waals surface area (Å²) in [5.41, 5.74) is 1.23. The smallest absolute Gasteiger partial charge is 0.0534 e. The molecule has 1 N–H and O–H groups in total. The molecule has 0 aromatic carbocycles. The summed E-state index contributed by atoms with van der Waals surface area (Å²) < 4.78 is 1.84. The Balaban J connectivity index is 1.99. The van der Waals surface area contributed by atoms with E-state index >= 15 is 0 Å². The minimum absolute atomic E-state index is 0.426. The van der Waals surface area contributed by atoms with Crippen molar-refractivity contribution < 1.29 is 0 Å². The highest BCUT2D eigenvalue weighted by Crippen LogP contribution is 2.25. The Hall–Kier alpha value is -1.13. The monoisotopic (exact) mass is 249 g/mol. The first-order valence-electron chi connectivity index (χ1n) is 5.91. The zero-order valence-electron chi connectivity index (χ0n) is 10.6. The number of nitrogens with one attached hydrogen (secondary N) is 1. The van der Waals surface area contributed by atoms with Crippen LogP contribution in [0.5, 0.6) is 0 Å². The first-order valence-corrected chi connectivity index (χ1v) is 6.79. The van der Waals surface area contributed by atoms with Crippen molar-refractivity contribution in [1.82, 2.24) is 15.1 Å². The number of aromatic nitrogens is 2. The molecule has 0 saturated heterocycles. The Kier molecular flexibility index (Phi) is 3.97. The molecule has 0 fully saturated rings. The van der Waals surface area contributed by atoms with Gasteiger partial charge >= 0.3 is 0 Å². The number of hydrogen-bond donors (Lipinski definition) is 1. The zero-order chi connectivity index (χ0) is 12.3. The molecule has 0 radical (unpaired) electrons. The van der Waals surface area contributed by atoms with E-state index in [0.29, 0.717) is 12.0 Å². The Labute approximate surface area is 106 Å². The molecule has 2 aromatic heterocycles. The van der Waals surface area contributed by atoms with Crippen molar-refractivity contribution in [3.63, 3.8) is 0 Å². The lowest BCUT2D eigenvalue weighted by atomic mass is 10.0. The van der Waals surface area contributed by atoms with Gasteiger partial charge in [-0.25, -0.2) is 0 Å². The summed E-state index contributed by atoms with van der Waals surface area (Å²) >= 11 is 1.82. The third kappa shape index (κ3) is 3.17. The Morgan fingerprint density at radius 1 is 1.47 bits per heavy atom. The third-order valence-electron chi connectivity index (χ3n) is 2.80. The summed E-state index contributed by atoms with van der Waals surface area (Å²) in [5.74, 6) is 0.588. The van der Waals surface area contributed by atoms with E-state index in [9.17, 15) is 0 Å². The number of aryl methyl sites for hydroxylation is 1. The molecule has 0 amide bonds. The lowest BCUT2D eigenvalue weighted by molar-refractivity contribution is 0.416. The highest BCUT2D eigenvalue weighted by Gasteiger charge is 2.16. The van der Waals surface area contributed by atoms with Crippen LogP contribution in [0, 0.1) is 5.92 Å². The summed E-state index contributed by atoms with van der Waals surface area (Å²) in [6.45, 7) is 5.37. The van der Waals surface area contributed by atoms with Crippen molar-refractivity contribution in [2.24, 2.45) is 13.0 Å². The lowest BCUT2D eigenvalue weighted by Crippen LogP contribution is -2.24. The van der Waals surface area contributed by atoms with E-state index in [1.807, 2.05) is 29.3 Å². The van der Waals surface area contributed by atoms with Crippen LogP contribution in [0.1, 0.15) is 30.3 Å². The van der Waals surface area contributed by atoms with Crippen LogP contribution in [0.4, 0.5) is 0 Å². The molecular weight excluding hydrogens is 230 g/mol. The molecule has 0 aliphatic heterocycles. The minimum atomic E-state index is 0.426. The third-order valence-corrected chi connectivity index (χ3v) is 3.76. The van der Waals surface area contributed by atoms with Crippen LogP contribution in [0.25, 0.3) is 0 Å². The maximum Gasteiger partial charge on any atom is 0.0534 e. The Morgan fingerprint density at radius 3 is 2.82 bits per heavy atom. The molecule has 92 valence electrons. The second-order valence-corrected chi connectivity index (χ2v) is 5.62. The Morgan fingerprint density at radius 2 is 2.29 bits per heavy atom. The fourth-order valence-corrected chi connectivity index (χ4v) is 2.90. The fraction of sp³-hybridized carbons (Fsp3) is 0.462. The molecule has 1 atom stereocenters. The summed E-state index contributed by atoms with van der Waals surface area (Å²) in [7, 11) is 1.95. The van der Waals surface area contributed by atoms with Crippen molar-refractivity contribution in [3.8, 4) is 0 Å².